The second kappa shape index (κ2) is 6.80. The van der Waals surface area contributed by atoms with Crippen LogP contribution in [0.2, 0.25) is 0 Å². The highest BCUT2D eigenvalue weighted by molar-refractivity contribution is 7.92. The lowest BCUT2D eigenvalue weighted by molar-refractivity contribution is -0.128. The molecule has 2 aromatic carbocycles. The number of carbonyl (C=O) groups is 2. The van der Waals surface area contributed by atoms with E-state index in [-0.39, 0.29) is 10.6 Å². The Morgan fingerprint density at radius 2 is 1.65 bits per heavy atom. The van der Waals surface area contributed by atoms with E-state index in [2.05, 4.69) is 15.4 Å². The van der Waals surface area contributed by atoms with E-state index in [0.29, 0.717) is 17.8 Å². The van der Waals surface area contributed by atoms with Gasteiger partial charge in [0.1, 0.15) is 5.92 Å². The highest BCUT2D eigenvalue weighted by Gasteiger charge is 2.28. The smallest absolute Gasteiger partial charge is 0.261 e. The monoisotopic (exact) mass is 373 g/mol. The molecule has 3 rings (SSSR count). The molecule has 0 saturated carbocycles. The molecule has 1 heterocycles. The molecular weight excluding hydrogens is 354 g/mol. The number of nitrogens with one attached hydrogen (secondary N) is 3. The minimum absolute atomic E-state index is 0.00809. The molecule has 0 fully saturated rings. The average molecular weight is 373 g/mol. The molecule has 136 valence electrons. The highest BCUT2D eigenvalue weighted by atomic mass is 32.2. The van der Waals surface area contributed by atoms with Gasteiger partial charge in [0.15, 0.2) is 0 Å². The Morgan fingerprint density at radius 3 is 2.35 bits per heavy atom. The van der Waals surface area contributed by atoms with E-state index in [1.165, 1.54) is 25.1 Å². The van der Waals surface area contributed by atoms with Crippen molar-refractivity contribution >= 4 is 38.9 Å². The highest BCUT2D eigenvalue weighted by Crippen LogP contribution is 2.30. The summed E-state index contributed by atoms with van der Waals surface area (Å²) < 4.78 is 28.1. The molecule has 2 amide bonds. The zero-order valence-electron chi connectivity index (χ0n) is 14.4. The number of para-hydroxylation sites is 1. The van der Waals surface area contributed by atoms with E-state index < -0.39 is 27.8 Å². The predicted octanol–water partition coefficient (Wildman–Crippen LogP) is 2.58. The quantitative estimate of drug-likeness (QED) is 0.717. The first-order valence-corrected chi connectivity index (χ1v) is 9.66. The molecule has 0 aromatic heterocycles. The molecule has 7 nitrogen and oxygen atoms in total. The summed E-state index contributed by atoms with van der Waals surface area (Å²) in [6, 6.07) is 11.3. The topological polar surface area (TPSA) is 104 Å². The number of fused-ring (bicyclic) bond motifs is 1. The number of benzene rings is 2. The number of anilines is 3. The summed E-state index contributed by atoms with van der Waals surface area (Å²) >= 11 is 0. The van der Waals surface area contributed by atoms with Crippen LogP contribution < -0.4 is 15.4 Å². The van der Waals surface area contributed by atoms with Gasteiger partial charge < -0.3 is 10.6 Å². The number of hydrogen-bond acceptors (Lipinski definition) is 4. The number of carbonyl (C=O) groups excluding carboxylic acids is 2. The molecule has 0 aliphatic carbocycles. The standard InChI is InChI=1S/C18H19N3O4S/c1-3-12-6-4-5-7-14(12)21-26(24,25)13-8-9-15-16(10-13)20-18(23)11(2)17(22)19-15/h4-11,21H,3H2,1-2H3,(H,19,22)(H,20,23). The molecule has 0 spiro atoms. The fraction of sp³-hybridized carbons (Fsp3) is 0.222. The molecule has 1 unspecified atom stereocenters. The van der Waals surface area contributed by atoms with E-state index in [0.717, 1.165) is 5.56 Å². The van der Waals surface area contributed by atoms with Gasteiger partial charge in [-0.1, -0.05) is 25.1 Å². The van der Waals surface area contributed by atoms with Gasteiger partial charge in [0.25, 0.3) is 10.0 Å². The van der Waals surface area contributed by atoms with Crippen LogP contribution in [-0.2, 0) is 26.0 Å². The second-order valence-electron chi connectivity index (χ2n) is 6.02. The minimum atomic E-state index is -3.85. The van der Waals surface area contributed by atoms with E-state index >= 15 is 0 Å². The molecule has 0 radical (unpaired) electrons. The van der Waals surface area contributed by atoms with E-state index in [9.17, 15) is 18.0 Å². The molecule has 3 N–H and O–H groups in total. The lowest BCUT2D eigenvalue weighted by Crippen LogP contribution is -2.28. The van der Waals surface area contributed by atoms with Gasteiger partial charge in [-0.05, 0) is 43.2 Å². The first kappa shape index (κ1) is 17.9. The summed E-state index contributed by atoms with van der Waals surface area (Å²) in [7, 11) is -3.85. The average Bonchev–Trinajstić information content (AvgIpc) is 2.72. The summed E-state index contributed by atoms with van der Waals surface area (Å²) in [6.45, 7) is 3.42. The van der Waals surface area contributed by atoms with E-state index in [4.69, 9.17) is 0 Å². The van der Waals surface area contributed by atoms with Crippen molar-refractivity contribution in [3.63, 3.8) is 0 Å². The summed E-state index contributed by atoms with van der Waals surface area (Å²) in [6.07, 6.45) is 0.683. The number of sulfonamides is 1. The van der Waals surface area contributed by atoms with Gasteiger partial charge in [-0.15, -0.1) is 0 Å². The van der Waals surface area contributed by atoms with Crippen molar-refractivity contribution in [2.75, 3.05) is 15.4 Å². The number of aryl methyl sites for hydroxylation is 1. The third-order valence-electron chi connectivity index (χ3n) is 4.25. The van der Waals surface area contributed by atoms with Gasteiger partial charge in [-0.2, -0.15) is 0 Å². The van der Waals surface area contributed by atoms with Gasteiger partial charge in [0.05, 0.1) is 22.0 Å². The SMILES string of the molecule is CCc1ccccc1NS(=O)(=O)c1ccc2c(c1)NC(=O)C(C)C(=O)N2. The van der Waals surface area contributed by atoms with Gasteiger partial charge in [-0.3, -0.25) is 14.3 Å². The first-order chi connectivity index (χ1) is 12.3. The van der Waals surface area contributed by atoms with E-state index in [1.54, 1.807) is 12.1 Å². The van der Waals surface area contributed by atoms with Gasteiger partial charge >= 0.3 is 0 Å². The van der Waals surface area contributed by atoms with Gasteiger partial charge in [0.2, 0.25) is 11.8 Å². The lowest BCUT2D eigenvalue weighted by atomic mass is 10.1. The molecule has 8 heteroatoms. The Bertz CT molecular complexity index is 986. The Kier molecular flexibility index (Phi) is 4.69. The van der Waals surface area contributed by atoms with Crippen LogP contribution in [0.3, 0.4) is 0 Å². The Balaban J connectivity index is 1.96. The van der Waals surface area contributed by atoms with Crippen molar-refractivity contribution in [2.45, 2.75) is 25.2 Å². The van der Waals surface area contributed by atoms with Crippen molar-refractivity contribution in [1.29, 1.82) is 0 Å². The van der Waals surface area contributed by atoms with Crippen molar-refractivity contribution in [3.05, 3.63) is 48.0 Å². The zero-order chi connectivity index (χ0) is 18.9. The van der Waals surface area contributed by atoms with Crippen LogP contribution in [0.1, 0.15) is 19.4 Å². The maximum absolute atomic E-state index is 12.7. The van der Waals surface area contributed by atoms with Crippen LogP contribution >= 0.6 is 0 Å². The third-order valence-corrected chi connectivity index (χ3v) is 5.61. The zero-order valence-corrected chi connectivity index (χ0v) is 15.2. The normalized spacial score (nSPS) is 16.9. The summed E-state index contributed by atoms with van der Waals surface area (Å²) in [5.41, 5.74) is 2.00. The van der Waals surface area contributed by atoms with E-state index in [1.807, 2.05) is 19.1 Å². The van der Waals surface area contributed by atoms with Crippen LogP contribution in [0, 0.1) is 5.92 Å². The van der Waals surface area contributed by atoms with Crippen LogP contribution in [0.4, 0.5) is 17.1 Å². The molecule has 26 heavy (non-hydrogen) atoms. The van der Waals surface area contributed by atoms with Crippen molar-refractivity contribution < 1.29 is 18.0 Å². The predicted molar refractivity (Wildman–Crippen MR) is 99.5 cm³/mol. The molecule has 1 atom stereocenters. The number of amides is 2. The fourth-order valence-electron chi connectivity index (χ4n) is 2.64. The van der Waals surface area contributed by atoms with Crippen LogP contribution in [-0.4, -0.2) is 20.2 Å². The van der Waals surface area contributed by atoms with Crippen molar-refractivity contribution in [3.8, 4) is 0 Å². The maximum Gasteiger partial charge on any atom is 0.261 e. The number of rotatable bonds is 4. The Labute approximate surface area is 151 Å². The van der Waals surface area contributed by atoms with Gasteiger partial charge in [-0.25, -0.2) is 8.42 Å². The first-order valence-electron chi connectivity index (χ1n) is 8.18. The van der Waals surface area contributed by atoms with Crippen LogP contribution in [0.5, 0.6) is 0 Å². The van der Waals surface area contributed by atoms with Crippen molar-refractivity contribution in [2.24, 2.45) is 5.92 Å². The van der Waals surface area contributed by atoms with Crippen LogP contribution in [0.25, 0.3) is 0 Å². The fourth-order valence-corrected chi connectivity index (χ4v) is 3.76. The summed E-state index contributed by atoms with van der Waals surface area (Å²) in [4.78, 5) is 23.9. The Hall–Kier alpha value is -2.87. The number of hydrogen-bond donors (Lipinski definition) is 3. The molecular formula is C18H19N3O4S. The molecule has 0 bridgehead atoms. The van der Waals surface area contributed by atoms with Crippen molar-refractivity contribution in [1.82, 2.24) is 0 Å². The second-order valence-corrected chi connectivity index (χ2v) is 7.71. The lowest BCUT2D eigenvalue weighted by Gasteiger charge is -2.13. The summed E-state index contributed by atoms with van der Waals surface area (Å²) in [5.74, 6) is -1.79. The molecule has 1 aliphatic rings. The largest absolute Gasteiger partial charge is 0.324 e. The maximum atomic E-state index is 12.7. The summed E-state index contributed by atoms with van der Waals surface area (Å²) in [5, 5.41) is 5.20. The molecule has 2 aromatic rings. The van der Waals surface area contributed by atoms with Gasteiger partial charge in [0, 0.05) is 0 Å². The Morgan fingerprint density at radius 1 is 1.00 bits per heavy atom. The third kappa shape index (κ3) is 3.41. The van der Waals surface area contributed by atoms with Crippen LogP contribution in [0.15, 0.2) is 47.4 Å². The minimum Gasteiger partial charge on any atom is -0.324 e. The molecule has 0 saturated heterocycles. The molecule has 1 aliphatic heterocycles.